The van der Waals surface area contributed by atoms with Gasteiger partial charge < -0.3 is 0 Å². The van der Waals surface area contributed by atoms with Gasteiger partial charge in [0.2, 0.25) is 6.29 Å². The van der Waals surface area contributed by atoms with Crippen LogP contribution in [-0.2, 0) is 10.2 Å². The van der Waals surface area contributed by atoms with Gasteiger partial charge in [-0.1, -0.05) is 56.6 Å². The number of carbonyl (C=O) groups excluding carboxylic acids is 1. The van der Waals surface area contributed by atoms with Gasteiger partial charge in [-0.3, -0.25) is 4.79 Å². The topological polar surface area (TPSA) is 30.0 Å². The minimum atomic E-state index is 0.0964. The molecule has 2 rings (SSSR count). The lowest BCUT2D eigenvalue weighted by atomic mass is 9.86. The van der Waals surface area contributed by atoms with Gasteiger partial charge in [0.25, 0.3) is 0 Å². The Bertz CT molecular complexity index is 666. The molecular formula is C18H17ClNO. The lowest BCUT2D eigenvalue weighted by molar-refractivity contribution is 0.564. The smallest absolute Gasteiger partial charge is 0.226 e. The molecule has 0 amide bonds. The van der Waals surface area contributed by atoms with Gasteiger partial charge in [-0.15, -0.1) is 0 Å². The van der Waals surface area contributed by atoms with Crippen LogP contribution in [0.4, 0.5) is 0 Å². The van der Waals surface area contributed by atoms with Gasteiger partial charge in [0, 0.05) is 6.20 Å². The quantitative estimate of drug-likeness (QED) is 0.613. The first-order valence-corrected chi connectivity index (χ1v) is 7.10. The Morgan fingerprint density at radius 1 is 1.14 bits per heavy atom. The summed E-state index contributed by atoms with van der Waals surface area (Å²) in [4.78, 5) is 14.8. The number of hydrogen-bond donors (Lipinski definition) is 0. The zero-order valence-electron chi connectivity index (χ0n) is 12.4. The number of hydrogen-bond acceptors (Lipinski definition) is 2. The van der Waals surface area contributed by atoms with Crippen molar-refractivity contribution in [3.63, 3.8) is 0 Å². The Hall–Kier alpha value is -1.93. The molecule has 0 spiro atoms. The van der Waals surface area contributed by atoms with Crippen molar-refractivity contribution in [3.8, 4) is 0 Å². The maximum absolute atomic E-state index is 10.8. The standard InChI is InChI=1S/C18H17ClNO/c1-18(2,3)15-6-4-13(5-7-15)16(9-11-21)14-8-10-20-17(19)12-14/h4-10,12H,1-3H3/b16-9+. The minimum absolute atomic E-state index is 0.0964. The summed E-state index contributed by atoms with van der Waals surface area (Å²) in [6, 6.07) is 11.7. The third-order valence-electron chi connectivity index (χ3n) is 3.30. The molecule has 0 aliphatic heterocycles. The van der Waals surface area contributed by atoms with Crippen molar-refractivity contribution in [3.05, 3.63) is 70.5 Å². The third-order valence-corrected chi connectivity index (χ3v) is 3.51. The number of rotatable bonds is 3. The van der Waals surface area contributed by atoms with Crippen LogP contribution in [0.5, 0.6) is 0 Å². The van der Waals surface area contributed by atoms with E-state index in [0.29, 0.717) is 5.15 Å². The molecule has 0 bridgehead atoms. The summed E-state index contributed by atoms with van der Waals surface area (Å²) < 4.78 is 0. The van der Waals surface area contributed by atoms with Crippen LogP contribution in [0.15, 0.2) is 48.7 Å². The molecule has 1 aromatic carbocycles. The Labute approximate surface area is 130 Å². The van der Waals surface area contributed by atoms with Crippen LogP contribution in [0, 0.1) is 0 Å². The van der Waals surface area contributed by atoms with Crippen molar-refractivity contribution in [2.24, 2.45) is 0 Å². The largest absolute Gasteiger partial charge is 0.286 e. The molecule has 1 heterocycles. The van der Waals surface area contributed by atoms with Crippen molar-refractivity contribution in [2.75, 3.05) is 0 Å². The Morgan fingerprint density at radius 2 is 1.81 bits per heavy atom. The molecule has 0 saturated heterocycles. The molecule has 0 saturated carbocycles. The van der Waals surface area contributed by atoms with Crippen LogP contribution in [0.1, 0.15) is 37.5 Å². The van der Waals surface area contributed by atoms with E-state index in [0.717, 1.165) is 16.7 Å². The fourth-order valence-electron chi connectivity index (χ4n) is 2.11. The molecule has 21 heavy (non-hydrogen) atoms. The summed E-state index contributed by atoms with van der Waals surface area (Å²) in [5, 5.41) is 0.399. The first-order valence-electron chi connectivity index (χ1n) is 6.72. The van der Waals surface area contributed by atoms with Crippen molar-refractivity contribution in [2.45, 2.75) is 26.2 Å². The van der Waals surface area contributed by atoms with Crippen LogP contribution in [-0.4, -0.2) is 11.3 Å². The molecule has 0 N–H and O–H groups in total. The van der Waals surface area contributed by atoms with E-state index >= 15 is 0 Å². The zero-order valence-corrected chi connectivity index (χ0v) is 13.1. The summed E-state index contributed by atoms with van der Waals surface area (Å²) in [7, 11) is 0. The molecule has 0 aliphatic carbocycles. The Balaban J connectivity index is 2.45. The molecule has 1 radical (unpaired) electrons. The molecule has 107 valence electrons. The van der Waals surface area contributed by atoms with E-state index in [2.05, 4.69) is 37.9 Å². The van der Waals surface area contributed by atoms with E-state index in [-0.39, 0.29) is 5.41 Å². The Morgan fingerprint density at radius 3 is 2.33 bits per heavy atom. The highest BCUT2D eigenvalue weighted by Gasteiger charge is 2.14. The van der Waals surface area contributed by atoms with E-state index in [9.17, 15) is 4.79 Å². The van der Waals surface area contributed by atoms with Crippen molar-refractivity contribution < 1.29 is 4.79 Å². The lowest BCUT2D eigenvalue weighted by Gasteiger charge is -2.19. The SMILES string of the molecule is CC(C)(C)c1ccc(/C(=C\[C]=O)c2ccnc(Cl)c2)cc1. The maximum atomic E-state index is 10.8. The first-order chi connectivity index (χ1) is 9.91. The molecule has 0 unspecified atom stereocenters. The van der Waals surface area contributed by atoms with Gasteiger partial charge in [0.1, 0.15) is 5.15 Å². The van der Waals surface area contributed by atoms with Gasteiger partial charge in [0.05, 0.1) is 0 Å². The van der Waals surface area contributed by atoms with Gasteiger partial charge in [-0.25, -0.2) is 4.98 Å². The van der Waals surface area contributed by atoms with E-state index in [1.807, 2.05) is 24.5 Å². The Kier molecular flexibility index (Phi) is 4.59. The van der Waals surface area contributed by atoms with Crippen molar-refractivity contribution >= 4 is 23.5 Å². The predicted molar refractivity (Wildman–Crippen MR) is 87.2 cm³/mol. The second-order valence-corrected chi connectivity index (χ2v) is 6.26. The molecule has 2 nitrogen and oxygen atoms in total. The number of allylic oxidation sites excluding steroid dienone is 1. The monoisotopic (exact) mass is 298 g/mol. The van der Waals surface area contributed by atoms with Crippen LogP contribution in [0.25, 0.3) is 5.57 Å². The lowest BCUT2D eigenvalue weighted by Crippen LogP contribution is -2.10. The van der Waals surface area contributed by atoms with Crippen LogP contribution < -0.4 is 0 Å². The molecular weight excluding hydrogens is 282 g/mol. The van der Waals surface area contributed by atoms with Gasteiger partial charge >= 0.3 is 0 Å². The fourth-order valence-corrected chi connectivity index (χ4v) is 2.29. The fraction of sp³-hybridized carbons (Fsp3) is 0.222. The van der Waals surface area contributed by atoms with Crippen molar-refractivity contribution in [1.82, 2.24) is 4.98 Å². The molecule has 1 aromatic heterocycles. The summed E-state index contributed by atoms with van der Waals surface area (Å²) in [5.41, 5.74) is 3.93. The number of aromatic nitrogens is 1. The second kappa shape index (κ2) is 6.23. The third kappa shape index (κ3) is 3.79. The van der Waals surface area contributed by atoms with Crippen LogP contribution in [0.2, 0.25) is 5.15 Å². The highest BCUT2D eigenvalue weighted by Crippen LogP contribution is 2.28. The second-order valence-electron chi connectivity index (χ2n) is 5.87. The summed E-state index contributed by atoms with van der Waals surface area (Å²) in [5.74, 6) is 0. The van der Waals surface area contributed by atoms with Gasteiger partial charge in [-0.2, -0.15) is 0 Å². The highest BCUT2D eigenvalue weighted by atomic mass is 35.5. The van der Waals surface area contributed by atoms with Crippen LogP contribution >= 0.6 is 11.6 Å². The maximum Gasteiger partial charge on any atom is 0.226 e. The average Bonchev–Trinajstić information content (AvgIpc) is 2.44. The molecule has 2 aromatic rings. The summed E-state index contributed by atoms with van der Waals surface area (Å²) in [6.45, 7) is 6.50. The molecule has 0 atom stereocenters. The van der Waals surface area contributed by atoms with E-state index < -0.39 is 0 Å². The zero-order chi connectivity index (χ0) is 15.5. The van der Waals surface area contributed by atoms with Gasteiger partial charge in [0.15, 0.2) is 0 Å². The number of nitrogens with zero attached hydrogens (tertiary/aromatic N) is 1. The number of benzene rings is 1. The predicted octanol–water partition coefficient (Wildman–Crippen LogP) is 4.57. The van der Waals surface area contributed by atoms with Crippen molar-refractivity contribution in [1.29, 1.82) is 0 Å². The minimum Gasteiger partial charge on any atom is -0.286 e. The molecule has 0 aliphatic rings. The summed E-state index contributed by atoms with van der Waals surface area (Å²) in [6.07, 6.45) is 4.91. The van der Waals surface area contributed by atoms with Crippen LogP contribution in [0.3, 0.4) is 0 Å². The number of halogens is 1. The molecule has 3 heteroatoms. The van der Waals surface area contributed by atoms with Gasteiger partial charge in [-0.05, 0) is 45.9 Å². The summed E-state index contributed by atoms with van der Waals surface area (Å²) >= 11 is 5.92. The highest BCUT2D eigenvalue weighted by molar-refractivity contribution is 6.29. The molecule has 0 fully saturated rings. The van der Waals surface area contributed by atoms with E-state index in [1.54, 1.807) is 12.3 Å². The normalized spacial score (nSPS) is 12.3. The van der Waals surface area contributed by atoms with E-state index in [4.69, 9.17) is 11.6 Å². The first kappa shape index (κ1) is 15.5. The average molecular weight is 299 g/mol. The van der Waals surface area contributed by atoms with E-state index in [1.165, 1.54) is 11.6 Å². The number of pyridine rings is 1.